The molecule has 0 aliphatic carbocycles. The maximum absolute atomic E-state index is 13.2. The number of benzene rings is 2. The van der Waals surface area contributed by atoms with E-state index in [-0.39, 0.29) is 10.9 Å². The summed E-state index contributed by atoms with van der Waals surface area (Å²) in [6.45, 7) is 0.449. The van der Waals surface area contributed by atoms with Gasteiger partial charge in [-0.05, 0) is 48.7 Å². The van der Waals surface area contributed by atoms with Crippen molar-refractivity contribution < 1.29 is 17.6 Å². The number of aromatic amines is 1. The standard InChI is InChI=1S/C18H18N2O5S/c1-24-13-5-2-4-12(10-13)16-6-3-9-20(16)26(22,23)14-7-8-17-15(11-14)19-18(21)25-17/h2,4-5,7-8,10-11,16H,3,6,9H2,1H3,(H,19,21)/t16-/m1/s1. The minimum Gasteiger partial charge on any atom is -0.497 e. The molecule has 2 aromatic carbocycles. The molecule has 0 unspecified atom stereocenters. The van der Waals surface area contributed by atoms with Crippen LogP contribution in [0.5, 0.6) is 5.75 Å². The van der Waals surface area contributed by atoms with Crippen molar-refractivity contribution in [2.24, 2.45) is 0 Å². The van der Waals surface area contributed by atoms with Gasteiger partial charge in [0, 0.05) is 6.54 Å². The molecule has 1 aliphatic heterocycles. The number of oxazole rings is 1. The highest BCUT2D eigenvalue weighted by Crippen LogP contribution is 2.37. The average Bonchev–Trinajstić information content (AvgIpc) is 3.27. The summed E-state index contributed by atoms with van der Waals surface area (Å²) < 4.78 is 38.1. The molecule has 1 fully saturated rings. The van der Waals surface area contributed by atoms with E-state index in [1.165, 1.54) is 22.5 Å². The molecule has 26 heavy (non-hydrogen) atoms. The molecule has 0 bridgehead atoms. The molecule has 7 nitrogen and oxygen atoms in total. The van der Waals surface area contributed by atoms with Gasteiger partial charge in [0.25, 0.3) is 0 Å². The maximum Gasteiger partial charge on any atom is 0.417 e. The van der Waals surface area contributed by atoms with E-state index in [0.29, 0.717) is 23.4 Å². The van der Waals surface area contributed by atoms with Gasteiger partial charge in [-0.25, -0.2) is 13.2 Å². The van der Waals surface area contributed by atoms with Crippen LogP contribution in [0.1, 0.15) is 24.4 Å². The summed E-state index contributed by atoms with van der Waals surface area (Å²) in [4.78, 5) is 13.9. The number of rotatable bonds is 4. The van der Waals surface area contributed by atoms with Crippen molar-refractivity contribution in [3.05, 3.63) is 58.6 Å². The zero-order valence-corrected chi connectivity index (χ0v) is 15.0. The van der Waals surface area contributed by atoms with Crippen LogP contribution in [-0.2, 0) is 10.0 Å². The van der Waals surface area contributed by atoms with E-state index in [2.05, 4.69) is 4.98 Å². The van der Waals surface area contributed by atoms with E-state index >= 15 is 0 Å². The minimum atomic E-state index is -3.71. The molecule has 1 aromatic heterocycles. The summed E-state index contributed by atoms with van der Waals surface area (Å²) in [6.07, 6.45) is 1.53. The van der Waals surface area contributed by atoms with Crippen LogP contribution < -0.4 is 10.5 Å². The maximum atomic E-state index is 13.2. The van der Waals surface area contributed by atoms with Crippen LogP contribution in [0.2, 0.25) is 0 Å². The molecule has 136 valence electrons. The summed E-state index contributed by atoms with van der Waals surface area (Å²) >= 11 is 0. The van der Waals surface area contributed by atoms with Crippen LogP contribution in [0.4, 0.5) is 0 Å². The number of nitrogens with one attached hydrogen (secondary N) is 1. The summed E-state index contributed by atoms with van der Waals surface area (Å²) in [5.74, 6) is 0.0918. The van der Waals surface area contributed by atoms with Gasteiger partial charge in [0.15, 0.2) is 5.58 Å². The van der Waals surface area contributed by atoms with Gasteiger partial charge in [-0.3, -0.25) is 4.98 Å². The van der Waals surface area contributed by atoms with Gasteiger partial charge >= 0.3 is 5.76 Å². The van der Waals surface area contributed by atoms with Gasteiger partial charge < -0.3 is 9.15 Å². The number of nitrogens with zero attached hydrogens (tertiary/aromatic N) is 1. The van der Waals surface area contributed by atoms with Crippen molar-refractivity contribution >= 4 is 21.1 Å². The fraction of sp³-hybridized carbons (Fsp3) is 0.278. The lowest BCUT2D eigenvalue weighted by Crippen LogP contribution is -2.30. The van der Waals surface area contributed by atoms with Gasteiger partial charge in [0.1, 0.15) is 5.75 Å². The highest BCUT2D eigenvalue weighted by Gasteiger charge is 2.36. The predicted molar refractivity (Wildman–Crippen MR) is 95.7 cm³/mol. The van der Waals surface area contributed by atoms with Crippen LogP contribution in [0.15, 0.2) is 56.6 Å². The van der Waals surface area contributed by atoms with Crippen molar-refractivity contribution in [1.29, 1.82) is 0 Å². The van der Waals surface area contributed by atoms with Gasteiger partial charge in [0.05, 0.1) is 23.6 Å². The third-order valence-corrected chi connectivity index (χ3v) is 6.58. The van der Waals surface area contributed by atoms with E-state index in [1.807, 2.05) is 24.3 Å². The first kappa shape index (κ1) is 16.9. The Labute approximate surface area is 150 Å². The highest BCUT2D eigenvalue weighted by molar-refractivity contribution is 7.89. The largest absolute Gasteiger partial charge is 0.497 e. The smallest absolute Gasteiger partial charge is 0.417 e. The molecule has 1 N–H and O–H groups in total. The Bertz CT molecular complexity index is 1120. The molecular formula is C18H18N2O5S. The molecule has 4 rings (SSSR count). The summed E-state index contributed by atoms with van der Waals surface area (Å²) in [5.41, 5.74) is 1.61. The lowest BCUT2D eigenvalue weighted by atomic mass is 10.1. The average molecular weight is 374 g/mol. The van der Waals surface area contributed by atoms with E-state index in [4.69, 9.17) is 9.15 Å². The zero-order chi connectivity index (χ0) is 18.3. The number of methoxy groups -OCH3 is 1. The Hall–Kier alpha value is -2.58. The van der Waals surface area contributed by atoms with Crippen molar-refractivity contribution in [3.63, 3.8) is 0 Å². The second kappa shape index (κ2) is 6.30. The topological polar surface area (TPSA) is 92.6 Å². The lowest BCUT2D eigenvalue weighted by Gasteiger charge is -2.24. The number of hydrogen-bond donors (Lipinski definition) is 1. The summed E-state index contributed by atoms with van der Waals surface area (Å²) in [5, 5.41) is 0. The number of H-pyrrole nitrogens is 1. The molecule has 1 atom stereocenters. The van der Waals surface area contributed by atoms with Gasteiger partial charge in [-0.2, -0.15) is 4.31 Å². The van der Waals surface area contributed by atoms with Crippen molar-refractivity contribution in [1.82, 2.24) is 9.29 Å². The lowest BCUT2D eigenvalue weighted by molar-refractivity contribution is 0.390. The first-order valence-electron chi connectivity index (χ1n) is 8.28. The number of fused-ring (bicyclic) bond motifs is 1. The molecule has 2 heterocycles. The monoisotopic (exact) mass is 374 g/mol. The Morgan fingerprint density at radius 2 is 2.08 bits per heavy atom. The first-order chi connectivity index (χ1) is 12.5. The normalized spacial score (nSPS) is 18.4. The van der Waals surface area contributed by atoms with E-state index in [0.717, 1.165) is 18.4 Å². The number of hydrogen-bond acceptors (Lipinski definition) is 5. The third kappa shape index (κ3) is 2.81. The predicted octanol–water partition coefficient (Wildman–Crippen LogP) is 2.66. The van der Waals surface area contributed by atoms with Crippen LogP contribution in [0.25, 0.3) is 11.1 Å². The SMILES string of the molecule is COc1cccc([C@H]2CCCN2S(=O)(=O)c2ccc3oc(=O)[nH]c3c2)c1. The molecule has 0 radical (unpaired) electrons. The van der Waals surface area contributed by atoms with E-state index in [1.54, 1.807) is 7.11 Å². The number of aromatic nitrogens is 1. The van der Waals surface area contributed by atoms with Gasteiger partial charge in [-0.15, -0.1) is 0 Å². The van der Waals surface area contributed by atoms with Crippen LogP contribution >= 0.6 is 0 Å². The molecule has 3 aromatic rings. The number of sulfonamides is 1. The highest BCUT2D eigenvalue weighted by atomic mass is 32.2. The first-order valence-corrected chi connectivity index (χ1v) is 9.72. The van der Waals surface area contributed by atoms with Crippen LogP contribution in [0, 0.1) is 0 Å². The van der Waals surface area contributed by atoms with Crippen molar-refractivity contribution in [3.8, 4) is 5.75 Å². The van der Waals surface area contributed by atoms with Crippen LogP contribution in [0.3, 0.4) is 0 Å². The fourth-order valence-electron chi connectivity index (χ4n) is 3.44. The van der Waals surface area contributed by atoms with E-state index in [9.17, 15) is 13.2 Å². The minimum absolute atomic E-state index is 0.136. The quantitative estimate of drug-likeness (QED) is 0.758. The molecule has 1 saturated heterocycles. The Morgan fingerprint density at radius 1 is 1.23 bits per heavy atom. The van der Waals surface area contributed by atoms with Crippen molar-refractivity contribution in [2.45, 2.75) is 23.8 Å². The Kier molecular flexibility index (Phi) is 4.08. The molecule has 0 spiro atoms. The fourth-order valence-corrected chi connectivity index (χ4v) is 5.15. The summed E-state index contributed by atoms with van der Waals surface area (Å²) in [6, 6.07) is 11.6. The Morgan fingerprint density at radius 3 is 2.88 bits per heavy atom. The van der Waals surface area contributed by atoms with Crippen LogP contribution in [-0.4, -0.2) is 31.4 Å². The molecular weight excluding hydrogens is 356 g/mol. The molecule has 0 amide bonds. The number of ether oxygens (including phenoxy) is 1. The zero-order valence-electron chi connectivity index (χ0n) is 14.1. The molecule has 8 heteroatoms. The van der Waals surface area contributed by atoms with Gasteiger partial charge in [0.2, 0.25) is 10.0 Å². The second-order valence-corrected chi connectivity index (χ2v) is 8.11. The Balaban J connectivity index is 1.74. The second-order valence-electron chi connectivity index (χ2n) is 6.22. The van der Waals surface area contributed by atoms with E-state index < -0.39 is 15.8 Å². The molecule has 0 saturated carbocycles. The summed E-state index contributed by atoms with van der Waals surface area (Å²) in [7, 11) is -2.12. The van der Waals surface area contributed by atoms with Gasteiger partial charge in [-0.1, -0.05) is 12.1 Å². The third-order valence-electron chi connectivity index (χ3n) is 4.68. The molecule has 1 aliphatic rings. The van der Waals surface area contributed by atoms with Crippen molar-refractivity contribution in [2.75, 3.05) is 13.7 Å².